The Morgan fingerprint density at radius 2 is 1.73 bits per heavy atom. The minimum atomic E-state index is -0.777. The topological polar surface area (TPSA) is 66.4 Å². The molecule has 1 amide bonds. The normalized spacial score (nSPS) is 26.3. The van der Waals surface area contributed by atoms with E-state index >= 15 is 0 Å². The first kappa shape index (κ1) is 12.0. The SMILES string of the molecule is CC(C)(C)NC(=O)C1CCC(C(=O)O)C1. The molecule has 0 heterocycles. The van der Waals surface area contributed by atoms with E-state index in [9.17, 15) is 9.59 Å². The number of carbonyl (C=O) groups excluding carboxylic acids is 1. The minimum Gasteiger partial charge on any atom is -0.481 e. The Labute approximate surface area is 90.0 Å². The molecule has 2 N–H and O–H groups in total. The highest BCUT2D eigenvalue weighted by atomic mass is 16.4. The first-order chi connectivity index (χ1) is 6.79. The van der Waals surface area contributed by atoms with Gasteiger partial charge in [-0.3, -0.25) is 9.59 Å². The fourth-order valence-electron chi connectivity index (χ4n) is 1.92. The Morgan fingerprint density at radius 3 is 2.13 bits per heavy atom. The Balaban J connectivity index is 2.47. The van der Waals surface area contributed by atoms with Crippen molar-refractivity contribution in [2.45, 2.75) is 45.6 Å². The van der Waals surface area contributed by atoms with E-state index in [2.05, 4.69) is 5.32 Å². The zero-order valence-electron chi connectivity index (χ0n) is 9.54. The smallest absolute Gasteiger partial charge is 0.306 e. The lowest BCUT2D eigenvalue weighted by Gasteiger charge is -2.22. The first-order valence-electron chi connectivity index (χ1n) is 5.34. The number of carbonyl (C=O) groups is 2. The van der Waals surface area contributed by atoms with Crippen molar-refractivity contribution in [1.29, 1.82) is 0 Å². The molecule has 86 valence electrons. The lowest BCUT2D eigenvalue weighted by Crippen LogP contribution is -2.43. The number of rotatable bonds is 2. The van der Waals surface area contributed by atoms with Crippen LogP contribution in [0.1, 0.15) is 40.0 Å². The summed E-state index contributed by atoms with van der Waals surface area (Å²) in [5.74, 6) is -1.24. The molecule has 4 heteroatoms. The molecule has 1 saturated carbocycles. The standard InChI is InChI=1S/C11H19NO3/c1-11(2,3)12-9(13)7-4-5-8(6-7)10(14)15/h7-8H,4-6H2,1-3H3,(H,12,13)(H,14,15). The number of aliphatic carboxylic acids is 1. The molecule has 1 fully saturated rings. The maximum atomic E-state index is 11.7. The number of hydrogen-bond donors (Lipinski definition) is 2. The van der Waals surface area contributed by atoms with Gasteiger partial charge in [-0.1, -0.05) is 0 Å². The zero-order chi connectivity index (χ0) is 11.6. The van der Waals surface area contributed by atoms with Crippen LogP contribution in [0.2, 0.25) is 0 Å². The average molecular weight is 213 g/mol. The third-order valence-electron chi connectivity index (χ3n) is 2.65. The molecular formula is C11H19NO3. The first-order valence-corrected chi connectivity index (χ1v) is 5.34. The predicted molar refractivity (Wildman–Crippen MR) is 56.4 cm³/mol. The molecule has 4 nitrogen and oxygen atoms in total. The Hall–Kier alpha value is -1.06. The van der Waals surface area contributed by atoms with Gasteiger partial charge in [-0.2, -0.15) is 0 Å². The maximum absolute atomic E-state index is 11.7. The molecular weight excluding hydrogens is 194 g/mol. The van der Waals surface area contributed by atoms with Gasteiger partial charge in [0.25, 0.3) is 0 Å². The molecule has 0 radical (unpaired) electrons. The van der Waals surface area contributed by atoms with Crippen LogP contribution in [0.15, 0.2) is 0 Å². The van der Waals surface area contributed by atoms with E-state index in [-0.39, 0.29) is 23.3 Å². The van der Waals surface area contributed by atoms with Gasteiger partial charge in [-0.25, -0.2) is 0 Å². The van der Waals surface area contributed by atoms with Gasteiger partial charge in [0, 0.05) is 11.5 Å². The predicted octanol–water partition coefficient (Wildman–Crippen LogP) is 1.40. The fraction of sp³-hybridized carbons (Fsp3) is 0.818. The number of hydrogen-bond acceptors (Lipinski definition) is 2. The van der Waals surface area contributed by atoms with E-state index in [1.807, 2.05) is 20.8 Å². The van der Waals surface area contributed by atoms with Crippen molar-refractivity contribution < 1.29 is 14.7 Å². The summed E-state index contributed by atoms with van der Waals surface area (Å²) in [6.45, 7) is 5.78. The second kappa shape index (κ2) is 4.21. The second-order valence-corrected chi connectivity index (χ2v) is 5.28. The number of amides is 1. The molecule has 1 aliphatic carbocycles. The summed E-state index contributed by atoms with van der Waals surface area (Å²) in [6, 6.07) is 0. The van der Waals surface area contributed by atoms with E-state index in [1.54, 1.807) is 0 Å². The van der Waals surface area contributed by atoms with Crippen molar-refractivity contribution in [3.63, 3.8) is 0 Å². The Morgan fingerprint density at radius 1 is 1.20 bits per heavy atom. The van der Waals surface area contributed by atoms with Crippen LogP contribution in [0.3, 0.4) is 0 Å². The second-order valence-electron chi connectivity index (χ2n) is 5.28. The molecule has 0 aliphatic heterocycles. The van der Waals surface area contributed by atoms with Crippen molar-refractivity contribution in [3.05, 3.63) is 0 Å². The molecule has 0 spiro atoms. The van der Waals surface area contributed by atoms with Crippen molar-refractivity contribution in [1.82, 2.24) is 5.32 Å². The van der Waals surface area contributed by atoms with Crippen LogP contribution in [0, 0.1) is 11.8 Å². The van der Waals surface area contributed by atoms with Gasteiger partial charge < -0.3 is 10.4 Å². The van der Waals surface area contributed by atoms with Crippen molar-refractivity contribution in [2.24, 2.45) is 11.8 Å². The van der Waals surface area contributed by atoms with Crippen molar-refractivity contribution in [3.8, 4) is 0 Å². The van der Waals surface area contributed by atoms with Crippen LogP contribution < -0.4 is 5.32 Å². The van der Waals surface area contributed by atoms with Crippen LogP contribution in [0.5, 0.6) is 0 Å². The molecule has 1 aliphatic rings. The summed E-state index contributed by atoms with van der Waals surface area (Å²) in [6.07, 6.45) is 1.80. The van der Waals surface area contributed by atoms with Crippen LogP contribution in [-0.4, -0.2) is 22.5 Å². The molecule has 0 aromatic carbocycles. The van der Waals surface area contributed by atoms with Gasteiger partial charge in [0.15, 0.2) is 0 Å². The van der Waals surface area contributed by atoms with E-state index < -0.39 is 5.97 Å². The van der Waals surface area contributed by atoms with Gasteiger partial charge in [0.05, 0.1) is 5.92 Å². The van der Waals surface area contributed by atoms with Crippen molar-refractivity contribution in [2.75, 3.05) is 0 Å². The lowest BCUT2D eigenvalue weighted by molar-refractivity contribution is -0.141. The summed E-state index contributed by atoms with van der Waals surface area (Å²) in [5, 5.41) is 11.7. The van der Waals surface area contributed by atoms with E-state index in [1.165, 1.54) is 0 Å². The highest BCUT2D eigenvalue weighted by Gasteiger charge is 2.34. The summed E-state index contributed by atoms with van der Waals surface area (Å²) >= 11 is 0. The van der Waals surface area contributed by atoms with Crippen LogP contribution in [0.25, 0.3) is 0 Å². The molecule has 1 rings (SSSR count). The minimum absolute atomic E-state index is 0.00810. The molecule has 0 aromatic heterocycles. The Bertz CT molecular complexity index is 267. The van der Waals surface area contributed by atoms with E-state index in [0.717, 1.165) is 0 Å². The number of nitrogens with one attached hydrogen (secondary N) is 1. The summed E-state index contributed by atoms with van der Waals surface area (Å²) in [4.78, 5) is 22.4. The quantitative estimate of drug-likeness (QED) is 0.728. The number of carboxylic acids is 1. The maximum Gasteiger partial charge on any atom is 0.306 e. The van der Waals surface area contributed by atoms with Gasteiger partial charge in [-0.05, 0) is 40.0 Å². The third kappa shape index (κ3) is 3.53. The molecule has 2 unspecified atom stereocenters. The van der Waals surface area contributed by atoms with Gasteiger partial charge >= 0.3 is 5.97 Å². The summed E-state index contributed by atoms with van der Waals surface area (Å²) in [7, 11) is 0. The molecule has 0 saturated heterocycles. The molecule has 15 heavy (non-hydrogen) atoms. The van der Waals surface area contributed by atoms with Crippen LogP contribution in [0.4, 0.5) is 0 Å². The van der Waals surface area contributed by atoms with Gasteiger partial charge in [0.1, 0.15) is 0 Å². The zero-order valence-corrected chi connectivity index (χ0v) is 9.54. The van der Waals surface area contributed by atoms with Crippen LogP contribution >= 0.6 is 0 Å². The largest absolute Gasteiger partial charge is 0.481 e. The van der Waals surface area contributed by atoms with Gasteiger partial charge in [0.2, 0.25) is 5.91 Å². The highest BCUT2D eigenvalue weighted by molar-refractivity contribution is 5.81. The number of carboxylic acid groups (broad SMARTS) is 1. The third-order valence-corrected chi connectivity index (χ3v) is 2.65. The summed E-state index contributed by atoms with van der Waals surface area (Å²) in [5.41, 5.74) is -0.238. The monoisotopic (exact) mass is 213 g/mol. The van der Waals surface area contributed by atoms with Gasteiger partial charge in [-0.15, -0.1) is 0 Å². The van der Waals surface area contributed by atoms with Crippen molar-refractivity contribution >= 4 is 11.9 Å². The molecule has 0 aromatic rings. The highest BCUT2D eigenvalue weighted by Crippen LogP contribution is 2.31. The molecule has 2 atom stereocenters. The van der Waals surface area contributed by atoms with E-state index in [4.69, 9.17) is 5.11 Å². The Kier molecular flexibility index (Phi) is 3.37. The average Bonchev–Trinajstić information content (AvgIpc) is 2.47. The van der Waals surface area contributed by atoms with E-state index in [0.29, 0.717) is 19.3 Å². The molecule has 0 bridgehead atoms. The summed E-state index contributed by atoms with van der Waals surface area (Å²) < 4.78 is 0. The lowest BCUT2D eigenvalue weighted by atomic mass is 10.0. The van der Waals surface area contributed by atoms with Crippen LogP contribution in [-0.2, 0) is 9.59 Å². The fourth-order valence-corrected chi connectivity index (χ4v) is 1.92.